The molecule has 0 unspecified atom stereocenters. The molecule has 2 heterocycles. The molecule has 1 saturated heterocycles. The highest BCUT2D eigenvalue weighted by atomic mass is 16.1. The van der Waals surface area contributed by atoms with Crippen molar-refractivity contribution in [1.29, 1.82) is 0 Å². The van der Waals surface area contributed by atoms with Crippen LogP contribution in [0.4, 0.5) is 11.6 Å². The Bertz CT molecular complexity index is 704. The first-order chi connectivity index (χ1) is 11.6. The van der Waals surface area contributed by atoms with E-state index in [0.29, 0.717) is 11.4 Å². The molecule has 1 N–H and O–H groups in total. The Labute approximate surface area is 143 Å². The summed E-state index contributed by atoms with van der Waals surface area (Å²) in [4.78, 5) is 14.6. The molecule has 3 rings (SSSR count). The van der Waals surface area contributed by atoms with E-state index in [1.165, 1.54) is 31.2 Å². The van der Waals surface area contributed by atoms with Crippen LogP contribution in [0, 0.1) is 13.8 Å². The van der Waals surface area contributed by atoms with E-state index in [1.54, 1.807) is 0 Å². The number of hydrogen-bond donors (Lipinski definition) is 1. The normalized spacial score (nSPS) is 15.0. The fourth-order valence-electron chi connectivity index (χ4n) is 2.93. The first-order valence-corrected chi connectivity index (χ1v) is 8.61. The second kappa shape index (κ2) is 7.43. The van der Waals surface area contributed by atoms with Crippen LogP contribution >= 0.6 is 0 Å². The van der Waals surface area contributed by atoms with Crippen molar-refractivity contribution in [2.45, 2.75) is 39.5 Å². The third-order valence-electron chi connectivity index (χ3n) is 4.59. The van der Waals surface area contributed by atoms with Crippen molar-refractivity contribution in [2.24, 2.45) is 0 Å². The van der Waals surface area contributed by atoms with Gasteiger partial charge in [0.15, 0.2) is 11.6 Å². The minimum atomic E-state index is -0.157. The van der Waals surface area contributed by atoms with E-state index in [0.717, 1.165) is 24.5 Å². The number of anilines is 2. The maximum Gasteiger partial charge on any atom is 0.256 e. The van der Waals surface area contributed by atoms with Crippen LogP contribution in [0.25, 0.3) is 0 Å². The van der Waals surface area contributed by atoms with Crippen LogP contribution in [0.3, 0.4) is 0 Å². The van der Waals surface area contributed by atoms with E-state index in [4.69, 9.17) is 0 Å². The van der Waals surface area contributed by atoms with Crippen LogP contribution in [0.15, 0.2) is 30.3 Å². The summed E-state index contributed by atoms with van der Waals surface area (Å²) in [5.74, 6) is 1.22. The number of benzene rings is 1. The first-order valence-electron chi connectivity index (χ1n) is 8.61. The lowest BCUT2D eigenvalue weighted by atomic mass is 10.1. The fraction of sp³-hybridized carbons (Fsp3) is 0.421. The molecule has 1 aromatic carbocycles. The molecule has 5 nitrogen and oxygen atoms in total. The molecule has 0 bridgehead atoms. The Hall–Kier alpha value is -2.43. The molecule has 1 amide bonds. The predicted molar refractivity (Wildman–Crippen MR) is 96.6 cm³/mol. The van der Waals surface area contributed by atoms with Gasteiger partial charge in [-0.1, -0.05) is 18.9 Å². The summed E-state index contributed by atoms with van der Waals surface area (Å²) in [5.41, 5.74) is 2.91. The lowest BCUT2D eigenvalue weighted by Crippen LogP contribution is -2.25. The standard InChI is InChI=1S/C19H24N4O/c1-14-7-8-16(13-15(14)2)19(24)20-17-9-10-18(22-21-17)23-11-5-3-4-6-12-23/h7-10,13H,3-6,11-12H2,1-2H3,(H,20,21,24). The Morgan fingerprint density at radius 3 is 2.33 bits per heavy atom. The van der Waals surface area contributed by atoms with Gasteiger partial charge in [-0.2, -0.15) is 0 Å². The van der Waals surface area contributed by atoms with Gasteiger partial charge in [-0.15, -0.1) is 10.2 Å². The van der Waals surface area contributed by atoms with Crippen molar-refractivity contribution in [3.8, 4) is 0 Å². The van der Waals surface area contributed by atoms with E-state index in [9.17, 15) is 4.79 Å². The zero-order valence-electron chi connectivity index (χ0n) is 14.4. The van der Waals surface area contributed by atoms with Gasteiger partial charge in [-0.25, -0.2) is 0 Å². The number of aromatic nitrogens is 2. The number of aryl methyl sites for hydroxylation is 2. The molecule has 2 aromatic rings. The highest BCUT2D eigenvalue weighted by Crippen LogP contribution is 2.18. The molecule has 1 fully saturated rings. The molecule has 0 radical (unpaired) electrons. The Kier molecular flexibility index (Phi) is 5.08. The first kappa shape index (κ1) is 16.4. The van der Waals surface area contributed by atoms with Crippen LogP contribution in [-0.2, 0) is 0 Å². The van der Waals surface area contributed by atoms with Gasteiger partial charge < -0.3 is 10.2 Å². The summed E-state index contributed by atoms with van der Waals surface area (Å²) in [5, 5.41) is 11.3. The van der Waals surface area contributed by atoms with Crippen LogP contribution < -0.4 is 10.2 Å². The zero-order valence-corrected chi connectivity index (χ0v) is 14.4. The SMILES string of the molecule is Cc1ccc(C(=O)Nc2ccc(N3CCCCCC3)nn2)cc1C. The summed E-state index contributed by atoms with van der Waals surface area (Å²) in [7, 11) is 0. The van der Waals surface area contributed by atoms with Gasteiger partial charge in [0, 0.05) is 18.7 Å². The summed E-state index contributed by atoms with van der Waals surface area (Å²) < 4.78 is 0. The van der Waals surface area contributed by atoms with Crippen molar-refractivity contribution in [1.82, 2.24) is 10.2 Å². The van der Waals surface area contributed by atoms with Gasteiger partial charge in [0.2, 0.25) is 0 Å². The molecular weight excluding hydrogens is 300 g/mol. The van der Waals surface area contributed by atoms with Gasteiger partial charge >= 0.3 is 0 Å². The second-order valence-corrected chi connectivity index (χ2v) is 6.43. The molecule has 126 valence electrons. The molecule has 5 heteroatoms. The largest absolute Gasteiger partial charge is 0.355 e. The van der Waals surface area contributed by atoms with Crippen molar-refractivity contribution >= 4 is 17.5 Å². The molecule has 1 aromatic heterocycles. The van der Waals surface area contributed by atoms with E-state index in [-0.39, 0.29) is 5.91 Å². The highest BCUT2D eigenvalue weighted by molar-refractivity contribution is 6.03. The molecule has 0 aliphatic carbocycles. The monoisotopic (exact) mass is 324 g/mol. The van der Waals surface area contributed by atoms with Gasteiger partial charge in [0.1, 0.15) is 0 Å². The van der Waals surface area contributed by atoms with Crippen LogP contribution in [0.1, 0.15) is 47.2 Å². The lowest BCUT2D eigenvalue weighted by molar-refractivity contribution is 0.102. The van der Waals surface area contributed by atoms with Crippen LogP contribution in [0.2, 0.25) is 0 Å². The van der Waals surface area contributed by atoms with Gasteiger partial charge in [-0.3, -0.25) is 4.79 Å². The quantitative estimate of drug-likeness (QED) is 0.934. The van der Waals surface area contributed by atoms with E-state index >= 15 is 0 Å². The van der Waals surface area contributed by atoms with Crippen LogP contribution in [0.5, 0.6) is 0 Å². The highest BCUT2D eigenvalue weighted by Gasteiger charge is 2.12. The number of nitrogens with one attached hydrogen (secondary N) is 1. The molecule has 1 aliphatic rings. The number of amides is 1. The Morgan fingerprint density at radius 2 is 1.71 bits per heavy atom. The number of carbonyl (C=O) groups excluding carboxylic acids is 1. The minimum Gasteiger partial charge on any atom is -0.355 e. The lowest BCUT2D eigenvalue weighted by Gasteiger charge is -2.20. The van der Waals surface area contributed by atoms with Gasteiger partial charge in [0.05, 0.1) is 0 Å². The molecular formula is C19H24N4O. The molecule has 24 heavy (non-hydrogen) atoms. The number of nitrogens with zero attached hydrogens (tertiary/aromatic N) is 3. The average molecular weight is 324 g/mol. The second-order valence-electron chi connectivity index (χ2n) is 6.43. The Morgan fingerprint density at radius 1 is 0.958 bits per heavy atom. The van der Waals surface area contributed by atoms with Crippen molar-refractivity contribution in [3.05, 3.63) is 47.0 Å². The van der Waals surface area contributed by atoms with E-state index in [1.807, 2.05) is 44.2 Å². The predicted octanol–water partition coefficient (Wildman–Crippen LogP) is 3.73. The Balaban J connectivity index is 1.67. The number of rotatable bonds is 3. The number of carbonyl (C=O) groups is 1. The summed E-state index contributed by atoms with van der Waals surface area (Å²) in [6.07, 6.45) is 4.97. The maximum atomic E-state index is 12.3. The number of hydrogen-bond acceptors (Lipinski definition) is 4. The topological polar surface area (TPSA) is 58.1 Å². The van der Waals surface area contributed by atoms with Crippen molar-refractivity contribution in [2.75, 3.05) is 23.3 Å². The minimum absolute atomic E-state index is 0.157. The molecule has 1 aliphatic heterocycles. The van der Waals surface area contributed by atoms with Crippen molar-refractivity contribution < 1.29 is 4.79 Å². The molecule has 0 spiro atoms. The molecule has 0 saturated carbocycles. The van der Waals surface area contributed by atoms with Crippen LogP contribution in [-0.4, -0.2) is 29.2 Å². The fourth-order valence-corrected chi connectivity index (χ4v) is 2.93. The summed E-state index contributed by atoms with van der Waals surface area (Å²) >= 11 is 0. The van der Waals surface area contributed by atoms with Crippen molar-refractivity contribution in [3.63, 3.8) is 0 Å². The smallest absolute Gasteiger partial charge is 0.256 e. The van der Waals surface area contributed by atoms with Gasteiger partial charge in [-0.05, 0) is 62.1 Å². The van der Waals surface area contributed by atoms with E-state index in [2.05, 4.69) is 20.4 Å². The molecule has 0 atom stereocenters. The zero-order chi connectivity index (χ0) is 16.9. The summed E-state index contributed by atoms with van der Waals surface area (Å²) in [6, 6.07) is 9.44. The third kappa shape index (κ3) is 3.91. The van der Waals surface area contributed by atoms with E-state index < -0.39 is 0 Å². The third-order valence-corrected chi connectivity index (χ3v) is 4.59. The maximum absolute atomic E-state index is 12.3. The average Bonchev–Trinajstić information content (AvgIpc) is 2.87. The van der Waals surface area contributed by atoms with Gasteiger partial charge in [0.25, 0.3) is 5.91 Å². The summed E-state index contributed by atoms with van der Waals surface area (Å²) in [6.45, 7) is 6.10.